The van der Waals surface area contributed by atoms with Gasteiger partial charge in [0, 0.05) is 23.6 Å². The average Bonchev–Trinajstić information content (AvgIpc) is 3.28. The molecule has 0 aliphatic carbocycles. The molecule has 2 aromatic carbocycles. The molecule has 4 aromatic rings. The van der Waals surface area contributed by atoms with E-state index in [4.69, 9.17) is 25.4 Å². The summed E-state index contributed by atoms with van der Waals surface area (Å²) in [5.41, 5.74) is 7.02. The third kappa shape index (κ3) is 4.76. The first-order valence-corrected chi connectivity index (χ1v) is 10.4. The Morgan fingerprint density at radius 2 is 1.69 bits per heavy atom. The van der Waals surface area contributed by atoms with E-state index in [1.165, 1.54) is 33.7 Å². The topological polar surface area (TPSA) is 166 Å². The summed E-state index contributed by atoms with van der Waals surface area (Å²) in [5, 5.41) is 15.4. The summed E-state index contributed by atoms with van der Waals surface area (Å²) < 4.78 is 17.5. The summed E-state index contributed by atoms with van der Waals surface area (Å²) in [7, 11) is 4.56. The van der Waals surface area contributed by atoms with Crippen LogP contribution in [0.1, 0.15) is 23.0 Å². The number of ether oxygens (including phenoxy) is 3. The number of aromatic nitrogens is 5. The molecule has 0 saturated carbocycles. The largest absolute Gasteiger partial charge is 0.493 e. The van der Waals surface area contributed by atoms with E-state index in [-0.39, 0.29) is 11.8 Å². The van der Waals surface area contributed by atoms with E-state index in [1.54, 1.807) is 42.5 Å². The van der Waals surface area contributed by atoms with Gasteiger partial charge in [-0.1, -0.05) is 0 Å². The maximum Gasteiger partial charge on any atom is 0.350 e. The molecule has 5 N–H and O–H groups in total. The summed E-state index contributed by atoms with van der Waals surface area (Å²) in [6.07, 6.45) is 3.04. The van der Waals surface area contributed by atoms with E-state index < -0.39 is 11.7 Å². The fourth-order valence-corrected chi connectivity index (χ4v) is 3.50. The minimum absolute atomic E-state index is 0.0383. The molecule has 0 radical (unpaired) electrons. The fourth-order valence-electron chi connectivity index (χ4n) is 3.50. The van der Waals surface area contributed by atoms with Gasteiger partial charge in [0.15, 0.2) is 17.3 Å². The highest BCUT2D eigenvalue weighted by Crippen LogP contribution is 2.41. The number of hydrogen-bond donors (Lipinski definition) is 4. The molecule has 1 atom stereocenters. The van der Waals surface area contributed by atoms with E-state index in [0.717, 1.165) is 4.68 Å². The van der Waals surface area contributed by atoms with Crippen molar-refractivity contribution >= 4 is 11.5 Å². The molecule has 4 rings (SSSR count). The fraction of sp³-hybridized carbons (Fsp3) is 0.174. The van der Waals surface area contributed by atoms with Gasteiger partial charge in [0.1, 0.15) is 11.9 Å². The molecule has 2 aromatic heterocycles. The first kappa shape index (κ1) is 23.3. The second-order valence-corrected chi connectivity index (χ2v) is 7.30. The summed E-state index contributed by atoms with van der Waals surface area (Å²) in [6.45, 7) is 0. The number of H-pyrrole nitrogens is 1. The Bertz CT molecular complexity index is 1360. The Morgan fingerprint density at radius 3 is 2.23 bits per heavy atom. The summed E-state index contributed by atoms with van der Waals surface area (Å²) in [6, 6.07) is 11.5. The number of amidine groups is 1. The van der Waals surface area contributed by atoms with Crippen LogP contribution in [0.15, 0.2) is 59.7 Å². The van der Waals surface area contributed by atoms with Gasteiger partial charge in [0.25, 0.3) is 5.95 Å². The SMILES string of the molecule is COc1cc(C(Nc2ccc(C(=N)N)cc2)c2nn(-c3ncccn3)c(=O)[nH]2)cc(OC)c1OC. The van der Waals surface area contributed by atoms with Crippen LogP contribution < -0.4 is 31.0 Å². The van der Waals surface area contributed by atoms with Gasteiger partial charge < -0.3 is 25.3 Å². The minimum atomic E-state index is -0.649. The Morgan fingerprint density at radius 1 is 1.06 bits per heavy atom. The zero-order chi connectivity index (χ0) is 24.9. The van der Waals surface area contributed by atoms with Crippen LogP contribution in [0.4, 0.5) is 5.69 Å². The number of nitrogens with one attached hydrogen (secondary N) is 3. The molecular formula is C23H24N8O4. The number of aromatic amines is 1. The van der Waals surface area contributed by atoms with E-state index in [9.17, 15) is 4.79 Å². The van der Waals surface area contributed by atoms with E-state index in [2.05, 4.69) is 25.4 Å². The Labute approximate surface area is 200 Å². The molecule has 0 fully saturated rings. The van der Waals surface area contributed by atoms with Crippen molar-refractivity contribution in [2.24, 2.45) is 5.73 Å². The van der Waals surface area contributed by atoms with Crippen molar-refractivity contribution < 1.29 is 14.2 Å². The van der Waals surface area contributed by atoms with Gasteiger partial charge in [-0.05, 0) is 48.0 Å². The lowest BCUT2D eigenvalue weighted by Crippen LogP contribution is -2.18. The van der Waals surface area contributed by atoms with Crippen molar-refractivity contribution in [3.05, 3.63) is 82.3 Å². The van der Waals surface area contributed by atoms with Crippen molar-refractivity contribution in [3.63, 3.8) is 0 Å². The smallest absolute Gasteiger partial charge is 0.350 e. The molecule has 0 aliphatic heterocycles. The number of nitrogen functional groups attached to an aromatic ring is 1. The number of methoxy groups -OCH3 is 3. The Hall–Kier alpha value is -4.87. The third-order valence-corrected chi connectivity index (χ3v) is 5.18. The predicted octanol–water partition coefficient (Wildman–Crippen LogP) is 1.86. The zero-order valence-electron chi connectivity index (χ0n) is 19.3. The number of rotatable bonds is 9. The predicted molar refractivity (Wildman–Crippen MR) is 129 cm³/mol. The molecule has 12 heteroatoms. The maximum atomic E-state index is 12.7. The first-order chi connectivity index (χ1) is 16.9. The van der Waals surface area contributed by atoms with Gasteiger partial charge in [0.05, 0.1) is 21.3 Å². The van der Waals surface area contributed by atoms with E-state index in [1.807, 2.05) is 0 Å². The van der Waals surface area contributed by atoms with E-state index in [0.29, 0.717) is 39.9 Å². The van der Waals surface area contributed by atoms with Crippen molar-refractivity contribution in [2.75, 3.05) is 26.6 Å². The molecule has 2 heterocycles. The van der Waals surface area contributed by atoms with Crippen LogP contribution in [-0.4, -0.2) is 51.9 Å². The maximum absolute atomic E-state index is 12.7. The number of nitrogens with zero attached hydrogens (tertiary/aromatic N) is 4. The highest BCUT2D eigenvalue weighted by molar-refractivity contribution is 5.95. The Kier molecular flexibility index (Phi) is 6.62. The minimum Gasteiger partial charge on any atom is -0.493 e. The molecule has 12 nitrogen and oxygen atoms in total. The summed E-state index contributed by atoms with van der Waals surface area (Å²) in [5.74, 6) is 1.70. The highest BCUT2D eigenvalue weighted by atomic mass is 16.5. The number of anilines is 1. The van der Waals surface area contributed by atoms with Gasteiger partial charge in [0.2, 0.25) is 5.75 Å². The first-order valence-electron chi connectivity index (χ1n) is 10.4. The number of benzene rings is 2. The molecular weight excluding hydrogens is 452 g/mol. The monoisotopic (exact) mass is 476 g/mol. The zero-order valence-corrected chi connectivity index (χ0v) is 19.3. The number of nitrogens with two attached hydrogens (primary N) is 1. The molecule has 0 aliphatic rings. The van der Waals surface area contributed by atoms with Gasteiger partial charge >= 0.3 is 5.69 Å². The van der Waals surface area contributed by atoms with Gasteiger partial charge in [-0.2, -0.15) is 0 Å². The normalized spacial score (nSPS) is 11.5. The molecule has 1 unspecified atom stereocenters. The lowest BCUT2D eigenvalue weighted by atomic mass is 10.0. The van der Waals surface area contributed by atoms with Crippen LogP contribution in [0.25, 0.3) is 5.95 Å². The summed E-state index contributed by atoms with van der Waals surface area (Å²) in [4.78, 5) is 23.7. The lowest BCUT2D eigenvalue weighted by molar-refractivity contribution is 0.323. The molecule has 0 saturated heterocycles. The lowest BCUT2D eigenvalue weighted by Gasteiger charge is -2.21. The van der Waals surface area contributed by atoms with Crippen LogP contribution in [0.3, 0.4) is 0 Å². The number of hydrogen-bond acceptors (Lipinski definition) is 9. The van der Waals surface area contributed by atoms with Gasteiger partial charge in [-0.3, -0.25) is 10.4 Å². The van der Waals surface area contributed by atoms with Gasteiger partial charge in [-0.15, -0.1) is 9.78 Å². The summed E-state index contributed by atoms with van der Waals surface area (Å²) >= 11 is 0. The highest BCUT2D eigenvalue weighted by Gasteiger charge is 2.24. The molecule has 180 valence electrons. The van der Waals surface area contributed by atoms with Crippen molar-refractivity contribution in [1.82, 2.24) is 24.7 Å². The standard InChI is InChI=1S/C23H24N8O4/c1-33-16-11-14(12-17(34-2)19(16)35-3)18(28-15-7-5-13(6-8-15)20(24)25)21-29-23(32)31(30-21)22-26-9-4-10-27-22/h4-12,18,28H,1-3H3,(H3,24,25)(H,29,30,32). The molecule has 0 amide bonds. The second kappa shape index (κ2) is 9.95. The van der Waals surface area contributed by atoms with Crippen LogP contribution in [0.5, 0.6) is 17.2 Å². The van der Waals surface area contributed by atoms with Crippen LogP contribution in [0, 0.1) is 5.41 Å². The quantitative estimate of drug-likeness (QED) is 0.208. The van der Waals surface area contributed by atoms with Crippen LogP contribution in [-0.2, 0) is 0 Å². The molecule has 0 bridgehead atoms. The van der Waals surface area contributed by atoms with E-state index >= 15 is 0 Å². The van der Waals surface area contributed by atoms with Crippen molar-refractivity contribution in [2.45, 2.75) is 6.04 Å². The molecule has 0 spiro atoms. The third-order valence-electron chi connectivity index (χ3n) is 5.18. The average molecular weight is 476 g/mol. The van der Waals surface area contributed by atoms with Gasteiger partial charge in [-0.25, -0.2) is 14.8 Å². The Balaban J connectivity index is 1.83. The van der Waals surface area contributed by atoms with Crippen LogP contribution in [0.2, 0.25) is 0 Å². The molecule has 35 heavy (non-hydrogen) atoms. The second-order valence-electron chi connectivity index (χ2n) is 7.30. The van der Waals surface area contributed by atoms with Crippen molar-refractivity contribution in [1.29, 1.82) is 5.41 Å². The van der Waals surface area contributed by atoms with Crippen molar-refractivity contribution in [3.8, 4) is 23.2 Å². The van der Waals surface area contributed by atoms with Crippen LogP contribution >= 0.6 is 0 Å².